The minimum Gasteiger partial charge on any atom is -0.333 e. The summed E-state index contributed by atoms with van der Waals surface area (Å²) in [5.74, 6) is 1.46. The topological polar surface area (TPSA) is 51.0 Å². The Labute approximate surface area is 140 Å². The molecule has 0 saturated carbocycles. The molecule has 0 N–H and O–H groups in total. The van der Waals surface area contributed by atoms with E-state index in [2.05, 4.69) is 28.4 Å². The SMILES string of the molecule is CC(C)c1nccn1C1CN(C(=O)c2ccc3ccccc3n2)C1. The maximum absolute atomic E-state index is 12.6. The lowest BCUT2D eigenvalue weighted by Crippen LogP contribution is -2.51. The first-order valence-corrected chi connectivity index (χ1v) is 8.31. The molecule has 2 aromatic heterocycles. The third-order valence-corrected chi connectivity index (χ3v) is 4.58. The smallest absolute Gasteiger partial charge is 0.272 e. The Bertz CT molecular complexity index is 893. The number of likely N-dealkylation sites (tertiary alicyclic amines) is 1. The van der Waals surface area contributed by atoms with Crippen molar-refractivity contribution in [2.24, 2.45) is 0 Å². The number of amides is 1. The van der Waals surface area contributed by atoms with Crippen molar-refractivity contribution in [1.82, 2.24) is 19.4 Å². The molecule has 0 aliphatic carbocycles. The van der Waals surface area contributed by atoms with Crippen LogP contribution < -0.4 is 0 Å². The van der Waals surface area contributed by atoms with Crippen LogP contribution in [0.25, 0.3) is 10.9 Å². The van der Waals surface area contributed by atoms with Gasteiger partial charge in [0, 0.05) is 36.8 Å². The first kappa shape index (κ1) is 14.9. The monoisotopic (exact) mass is 320 g/mol. The molecule has 0 atom stereocenters. The molecule has 1 fully saturated rings. The van der Waals surface area contributed by atoms with Crippen LogP contribution in [-0.2, 0) is 0 Å². The average Bonchev–Trinajstić information content (AvgIpc) is 3.02. The molecule has 4 rings (SSSR count). The van der Waals surface area contributed by atoms with E-state index in [-0.39, 0.29) is 5.91 Å². The number of benzene rings is 1. The normalized spacial score (nSPS) is 15.0. The minimum atomic E-state index is 0.00298. The van der Waals surface area contributed by atoms with E-state index >= 15 is 0 Å². The van der Waals surface area contributed by atoms with Gasteiger partial charge in [-0.15, -0.1) is 0 Å². The number of imidazole rings is 1. The van der Waals surface area contributed by atoms with E-state index in [1.54, 1.807) is 0 Å². The lowest BCUT2D eigenvalue weighted by molar-refractivity contribution is 0.0509. The Kier molecular flexibility index (Phi) is 3.56. The fourth-order valence-corrected chi connectivity index (χ4v) is 3.22. The lowest BCUT2D eigenvalue weighted by atomic mass is 10.1. The highest BCUT2D eigenvalue weighted by atomic mass is 16.2. The summed E-state index contributed by atoms with van der Waals surface area (Å²) in [6.45, 7) is 5.70. The summed E-state index contributed by atoms with van der Waals surface area (Å²) in [5.41, 5.74) is 1.37. The van der Waals surface area contributed by atoms with Crippen molar-refractivity contribution in [2.75, 3.05) is 13.1 Å². The number of pyridine rings is 1. The van der Waals surface area contributed by atoms with Gasteiger partial charge in [-0.1, -0.05) is 38.1 Å². The Balaban J connectivity index is 1.49. The summed E-state index contributed by atoms with van der Waals surface area (Å²) >= 11 is 0. The molecule has 0 bridgehead atoms. The number of rotatable bonds is 3. The van der Waals surface area contributed by atoms with Crippen LogP contribution in [-0.4, -0.2) is 38.4 Å². The van der Waals surface area contributed by atoms with Crippen LogP contribution in [0.4, 0.5) is 0 Å². The van der Waals surface area contributed by atoms with Crippen molar-refractivity contribution in [3.05, 3.63) is 60.3 Å². The molecular weight excluding hydrogens is 300 g/mol. The first-order chi connectivity index (χ1) is 11.6. The number of carbonyl (C=O) groups is 1. The Morgan fingerprint density at radius 2 is 1.96 bits per heavy atom. The van der Waals surface area contributed by atoms with E-state index in [0.717, 1.165) is 16.7 Å². The van der Waals surface area contributed by atoms with Crippen LogP contribution in [0.3, 0.4) is 0 Å². The second-order valence-electron chi connectivity index (χ2n) is 6.60. The van der Waals surface area contributed by atoms with Gasteiger partial charge in [0.2, 0.25) is 0 Å². The molecule has 1 aliphatic rings. The van der Waals surface area contributed by atoms with E-state index in [1.165, 1.54) is 0 Å². The number of para-hydroxylation sites is 1. The highest BCUT2D eigenvalue weighted by Gasteiger charge is 2.34. The zero-order valence-corrected chi connectivity index (χ0v) is 13.9. The van der Waals surface area contributed by atoms with Gasteiger partial charge in [-0.2, -0.15) is 0 Å². The molecule has 0 spiro atoms. The summed E-state index contributed by atoms with van der Waals surface area (Å²) in [5, 5.41) is 1.05. The summed E-state index contributed by atoms with van der Waals surface area (Å²) in [6.07, 6.45) is 3.85. The number of hydrogen-bond acceptors (Lipinski definition) is 3. The number of hydrogen-bond donors (Lipinski definition) is 0. The molecule has 1 saturated heterocycles. The molecule has 1 amide bonds. The Morgan fingerprint density at radius 3 is 2.75 bits per heavy atom. The fraction of sp³-hybridized carbons (Fsp3) is 0.316. The molecule has 0 radical (unpaired) electrons. The molecule has 24 heavy (non-hydrogen) atoms. The van der Waals surface area contributed by atoms with Gasteiger partial charge in [-0.25, -0.2) is 9.97 Å². The minimum absolute atomic E-state index is 0.00298. The maximum atomic E-state index is 12.6. The summed E-state index contributed by atoms with van der Waals surface area (Å²) < 4.78 is 2.20. The maximum Gasteiger partial charge on any atom is 0.272 e. The molecular formula is C19H20N4O. The zero-order valence-electron chi connectivity index (χ0n) is 13.9. The number of aromatic nitrogens is 3. The molecule has 3 aromatic rings. The summed E-state index contributed by atoms with van der Waals surface area (Å²) in [4.78, 5) is 23.4. The van der Waals surface area contributed by atoms with Gasteiger partial charge in [0.1, 0.15) is 11.5 Å². The van der Waals surface area contributed by atoms with E-state index in [1.807, 2.05) is 53.7 Å². The molecule has 5 heteroatoms. The summed E-state index contributed by atoms with van der Waals surface area (Å²) in [7, 11) is 0. The predicted octanol–water partition coefficient (Wildman–Crippen LogP) is 3.25. The van der Waals surface area contributed by atoms with Gasteiger partial charge >= 0.3 is 0 Å². The molecule has 122 valence electrons. The van der Waals surface area contributed by atoms with Crippen molar-refractivity contribution in [1.29, 1.82) is 0 Å². The number of carbonyl (C=O) groups excluding carboxylic acids is 1. The fourth-order valence-electron chi connectivity index (χ4n) is 3.22. The van der Waals surface area contributed by atoms with E-state index in [9.17, 15) is 4.79 Å². The summed E-state index contributed by atoms with van der Waals surface area (Å²) in [6, 6.07) is 11.9. The molecule has 5 nitrogen and oxygen atoms in total. The van der Waals surface area contributed by atoms with Gasteiger partial charge in [-0.3, -0.25) is 4.79 Å². The van der Waals surface area contributed by atoms with E-state index in [0.29, 0.717) is 30.7 Å². The van der Waals surface area contributed by atoms with Crippen LogP contribution in [0.5, 0.6) is 0 Å². The van der Waals surface area contributed by atoms with Crippen LogP contribution in [0.1, 0.15) is 42.1 Å². The first-order valence-electron chi connectivity index (χ1n) is 8.31. The number of nitrogens with zero attached hydrogens (tertiary/aromatic N) is 4. The van der Waals surface area contributed by atoms with Crippen molar-refractivity contribution in [3.63, 3.8) is 0 Å². The molecule has 1 aliphatic heterocycles. The predicted molar refractivity (Wildman–Crippen MR) is 93.0 cm³/mol. The average molecular weight is 320 g/mol. The number of fused-ring (bicyclic) bond motifs is 1. The third-order valence-electron chi connectivity index (χ3n) is 4.58. The van der Waals surface area contributed by atoms with Gasteiger partial charge in [0.25, 0.3) is 5.91 Å². The Morgan fingerprint density at radius 1 is 1.17 bits per heavy atom. The lowest BCUT2D eigenvalue weighted by Gasteiger charge is -2.40. The van der Waals surface area contributed by atoms with Crippen LogP contribution in [0.15, 0.2) is 48.8 Å². The van der Waals surface area contributed by atoms with E-state index < -0.39 is 0 Å². The second-order valence-corrected chi connectivity index (χ2v) is 6.60. The van der Waals surface area contributed by atoms with Crippen LogP contribution in [0, 0.1) is 0 Å². The Hall–Kier alpha value is -2.69. The van der Waals surface area contributed by atoms with Crippen molar-refractivity contribution in [3.8, 4) is 0 Å². The van der Waals surface area contributed by atoms with E-state index in [4.69, 9.17) is 0 Å². The van der Waals surface area contributed by atoms with Crippen molar-refractivity contribution in [2.45, 2.75) is 25.8 Å². The highest BCUT2D eigenvalue weighted by molar-refractivity contribution is 5.95. The van der Waals surface area contributed by atoms with Gasteiger partial charge in [0.15, 0.2) is 0 Å². The van der Waals surface area contributed by atoms with Crippen molar-refractivity contribution < 1.29 is 4.79 Å². The largest absolute Gasteiger partial charge is 0.333 e. The van der Waals surface area contributed by atoms with Crippen LogP contribution >= 0.6 is 0 Å². The van der Waals surface area contributed by atoms with Gasteiger partial charge in [-0.05, 0) is 12.1 Å². The van der Waals surface area contributed by atoms with Gasteiger partial charge in [0.05, 0.1) is 11.6 Å². The third kappa shape index (κ3) is 2.46. The molecule has 0 unspecified atom stereocenters. The van der Waals surface area contributed by atoms with Gasteiger partial charge < -0.3 is 9.47 Å². The highest BCUT2D eigenvalue weighted by Crippen LogP contribution is 2.26. The second kappa shape index (κ2) is 5.74. The molecule has 1 aromatic carbocycles. The van der Waals surface area contributed by atoms with Crippen LogP contribution in [0.2, 0.25) is 0 Å². The van der Waals surface area contributed by atoms with Crippen molar-refractivity contribution >= 4 is 16.8 Å². The quantitative estimate of drug-likeness (QED) is 0.744. The zero-order chi connectivity index (χ0) is 16.7. The standard InChI is InChI=1S/C19H20N4O/c1-13(2)18-20-9-10-23(18)15-11-22(12-15)19(24)17-8-7-14-5-3-4-6-16(14)21-17/h3-10,13,15H,11-12H2,1-2H3. The molecule has 3 heterocycles.